The maximum atomic E-state index is 12.9. The Bertz CT molecular complexity index is 1220. The van der Waals surface area contributed by atoms with Gasteiger partial charge in [-0.2, -0.15) is 13.2 Å². The molecule has 4 N–H and O–H groups in total. The number of anilines is 2. The Morgan fingerprint density at radius 1 is 1.12 bits per heavy atom. The number of alkyl halides is 3. The second-order valence-electron chi connectivity index (χ2n) is 8.37. The molecular formula is C22H21F3N4O4S. The molecule has 3 aromatic rings. The highest BCUT2D eigenvalue weighted by Gasteiger charge is 2.47. The number of nitrogens with one attached hydrogen (secondary N) is 1. The number of aromatic nitrogens is 3. The average molecular weight is 494 g/mol. The van der Waals surface area contributed by atoms with Gasteiger partial charge in [0.2, 0.25) is 5.95 Å². The monoisotopic (exact) mass is 494 g/mol. The van der Waals surface area contributed by atoms with Gasteiger partial charge in [0.15, 0.2) is 5.60 Å². The van der Waals surface area contributed by atoms with Crippen LogP contribution in [0.3, 0.4) is 0 Å². The lowest BCUT2D eigenvalue weighted by Crippen LogP contribution is -2.46. The first-order valence-electron chi connectivity index (χ1n) is 10.3. The first kappa shape index (κ1) is 24.0. The van der Waals surface area contributed by atoms with Gasteiger partial charge in [0.1, 0.15) is 16.3 Å². The Labute approximate surface area is 196 Å². The van der Waals surface area contributed by atoms with E-state index < -0.39 is 29.0 Å². The van der Waals surface area contributed by atoms with Gasteiger partial charge in [0.25, 0.3) is 0 Å². The van der Waals surface area contributed by atoms with Gasteiger partial charge in [-0.25, -0.2) is 19.7 Å². The molecule has 1 saturated carbocycles. The van der Waals surface area contributed by atoms with E-state index in [1.165, 1.54) is 11.3 Å². The number of aliphatic carboxylic acids is 1. The van der Waals surface area contributed by atoms with Crippen molar-refractivity contribution in [3.8, 4) is 10.4 Å². The van der Waals surface area contributed by atoms with Crippen LogP contribution >= 0.6 is 11.3 Å². The summed E-state index contributed by atoms with van der Waals surface area (Å²) in [7, 11) is 0. The van der Waals surface area contributed by atoms with Gasteiger partial charge >= 0.3 is 12.1 Å². The summed E-state index contributed by atoms with van der Waals surface area (Å²) in [5, 5.41) is 33.6. The molecule has 1 aromatic carbocycles. The molecule has 1 aliphatic carbocycles. The minimum atomic E-state index is -4.59. The normalized spacial score (nSPS) is 23.0. The zero-order chi connectivity index (χ0) is 24.7. The zero-order valence-corrected chi connectivity index (χ0v) is 18.7. The molecular weight excluding hydrogens is 473 g/mol. The molecule has 1 aliphatic rings. The standard InChI is InChI=1S/C22H21F3N4O4S/c1-12-8-13(10-14(9-12)28-19-26-7-2-16(29-19)22(23,24)25)15-11-27-17(34-15)20(32)3-5-21(33,6-4-20)18(30)31/h2,7-11,32-33H,3-6H2,1H3,(H,30,31)(H,26,28,29)/t20-,21-. The van der Waals surface area contributed by atoms with E-state index in [0.717, 1.165) is 23.4 Å². The number of hydrogen-bond donors (Lipinski definition) is 4. The molecule has 34 heavy (non-hydrogen) atoms. The lowest BCUT2D eigenvalue weighted by Gasteiger charge is -2.37. The Morgan fingerprint density at radius 3 is 2.47 bits per heavy atom. The lowest BCUT2D eigenvalue weighted by molar-refractivity contribution is -0.168. The summed E-state index contributed by atoms with van der Waals surface area (Å²) in [6, 6.07) is 6.10. The van der Waals surface area contributed by atoms with E-state index in [2.05, 4.69) is 20.3 Å². The Kier molecular flexibility index (Phi) is 6.08. The fraction of sp³-hybridized carbons (Fsp3) is 0.364. The number of thiazole rings is 1. The average Bonchev–Trinajstić information content (AvgIpc) is 3.26. The number of aliphatic hydroxyl groups is 2. The largest absolute Gasteiger partial charge is 0.479 e. The smallest absolute Gasteiger partial charge is 0.433 e. The van der Waals surface area contributed by atoms with E-state index in [1.54, 1.807) is 18.3 Å². The molecule has 8 nitrogen and oxygen atoms in total. The Morgan fingerprint density at radius 2 is 1.82 bits per heavy atom. The van der Waals surface area contributed by atoms with Crippen LogP contribution in [0, 0.1) is 6.92 Å². The van der Waals surface area contributed by atoms with Crippen molar-refractivity contribution in [3.63, 3.8) is 0 Å². The molecule has 2 heterocycles. The number of carboxylic acids is 1. The minimum absolute atomic E-state index is 0.0518. The van der Waals surface area contributed by atoms with Crippen molar-refractivity contribution in [3.05, 3.63) is 52.9 Å². The third-order valence-corrected chi connectivity index (χ3v) is 7.01. The van der Waals surface area contributed by atoms with Crippen LogP contribution < -0.4 is 5.32 Å². The number of halogens is 3. The topological polar surface area (TPSA) is 128 Å². The Hall–Kier alpha value is -3.09. The quantitative estimate of drug-likeness (QED) is 0.415. The van der Waals surface area contributed by atoms with Crippen molar-refractivity contribution < 1.29 is 33.3 Å². The second-order valence-corrected chi connectivity index (χ2v) is 9.40. The van der Waals surface area contributed by atoms with E-state index in [1.807, 2.05) is 13.0 Å². The molecule has 1 fully saturated rings. The summed E-state index contributed by atoms with van der Waals surface area (Å²) in [5.74, 6) is -1.50. The number of benzene rings is 1. The fourth-order valence-electron chi connectivity index (χ4n) is 3.83. The van der Waals surface area contributed by atoms with Crippen LogP contribution in [-0.2, 0) is 16.6 Å². The highest BCUT2D eigenvalue weighted by Crippen LogP contribution is 2.44. The van der Waals surface area contributed by atoms with E-state index in [4.69, 9.17) is 0 Å². The number of rotatable bonds is 5. The summed E-state index contributed by atoms with van der Waals surface area (Å²) < 4.78 is 38.8. The molecule has 0 amide bonds. The van der Waals surface area contributed by atoms with Crippen LogP contribution in [0.1, 0.15) is 41.9 Å². The third-order valence-electron chi connectivity index (χ3n) is 5.77. The molecule has 0 radical (unpaired) electrons. The van der Waals surface area contributed by atoms with Gasteiger partial charge < -0.3 is 20.6 Å². The molecule has 0 atom stereocenters. The predicted octanol–water partition coefficient (Wildman–Crippen LogP) is 4.25. The molecule has 12 heteroatoms. The number of carbonyl (C=O) groups is 1. The minimum Gasteiger partial charge on any atom is -0.479 e. The molecule has 4 rings (SSSR count). The summed E-state index contributed by atoms with van der Waals surface area (Å²) in [5.41, 5.74) is -2.23. The molecule has 180 valence electrons. The van der Waals surface area contributed by atoms with E-state index in [0.29, 0.717) is 15.6 Å². The zero-order valence-electron chi connectivity index (χ0n) is 17.9. The summed E-state index contributed by atoms with van der Waals surface area (Å²) in [4.78, 5) is 23.7. The number of nitrogens with zero attached hydrogens (tertiary/aromatic N) is 3. The lowest BCUT2D eigenvalue weighted by atomic mass is 9.76. The summed E-state index contributed by atoms with van der Waals surface area (Å²) in [6.07, 6.45) is -2.06. The molecule has 2 aromatic heterocycles. The van der Waals surface area contributed by atoms with Gasteiger partial charge in [-0.3, -0.25) is 0 Å². The Balaban J connectivity index is 1.56. The summed E-state index contributed by atoms with van der Waals surface area (Å²) in [6.45, 7) is 1.82. The number of aryl methyl sites for hydroxylation is 1. The van der Waals surface area contributed by atoms with Crippen LogP contribution in [0.25, 0.3) is 10.4 Å². The van der Waals surface area contributed by atoms with Crippen LogP contribution in [0.2, 0.25) is 0 Å². The van der Waals surface area contributed by atoms with Gasteiger partial charge in [-0.1, -0.05) is 6.07 Å². The van der Waals surface area contributed by atoms with Crippen molar-refractivity contribution in [2.75, 3.05) is 5.32 Å². The summed E-state index contributed by atoms with van der Waals surface area (Å²) >= 11 is 1.23. The molecule has 0 saturated heterocycles. The van der Waals surface area contributed by atoms with Gasteiger partial charge in [-0.15, -0.1) is 11.3 Å². The van der Waals surface area contributed by atoms with Crippen LogP contribution in [-0.4, -0.2) is 41.8 Å². The van der Waals surface area contributed by atoms with Crippen molar-refractivity contribution in [2.24, 2.45) is 0 Å². The molecule has 0 unspecified atom stereocenters. The maximum Gasteiger partial charge on any atom is 0.433 e. The maximum absolute atomic E-state index is 12.9. The molecule has 0 bridgehead atoms. The number of carboxylic acid groups (broad SMARTS) is 1. The number of hydrogen-bond acceptors (Lipinski definition) is 8. The predicted molar refractivity (Wildman–Crippen MR) is 118 cm³/mol. The second kappa shape index (κ2) is 8.60. The van der Waals surface area contributed by atoms with E-state index in [-0.39, 0.29) is 31.6 Å². The van der Waals surface area contributed by atoms with Gasteiger partial charge in [0, 0.05) is 18.1 Å². The first-order chi connectivity index (χ1) is 15.9. The van der Waals surface area contributed by atoms with Crippen molar-refractivity contribution in [2.45, 2.75) is 50.0 Å². The van der Waals surface area contributed by atoms with Crippen LogP contribution in [0.15, 0.2) is 36.7 Å². The van der Waals surface area contributed by atoms with Crippen molar-refractivity contribution in [1.82, 2.24) is 15.0 Å². The van der Waals surface area contributed by atoms with E-state index in [9.17, 15) is 33.3 Å². The fourth-order valence-corrected chi connectivity index (χ4v) is 4.88. The molecule has 0 spiro atoms. The third kappa shape index (κ3) is 4.88. The first-order valence-corrected chi connectivity index (χ1v) is 11.1. The van der Waals surface area contributed by atoms with Gasteiger partial charge in [0.05, 0.1) is 4.88 Å². The van der Waals surface area contributed by atoms with Crippen LogP contribution in [0.5, 0.6) is 0 Å². The van der Waals surface area contributed by atoms with Gasteiger partial charge in [-0.05, 0) is 61.9 Å². The van der Waals surface area contributed by atoms with Crippen molar-refractivity contribution in [1.29, 1.82) is 0 Å². The SMILES string of the molecule is Cc1cc(Nc2nccc(C(F)(F)F)n2)cc(-c2cnc([C@]3(O)CC[C@@](O)(C(=O)O)CC3)s2)c1. The highest BCUT2D eigenvalue weighted by molar-refractivity contribution is 7.15. The molecule has 0 aliphatic heterocycles. The van der Waals surface area contributed by atoms with Crippen molar-refractivity contribution >= 4 is 28.9 Å². The van der Waals surface area contributed by atoms with E-state index >= 15 is 0 Å². The highest BCUT2D eigenvalue weighted by atomic mass is 32.1. The van der Waals surface area contributed by atoms with Crippen LogP contribution in [0.4, 0.5) is 24.8 Å².